The van der Waals surface area contributed by atoms with Crippen LogP contribution in [0.1, 0.15) is 5.56 Å². The molecule has 1 aromatic carbocycles. The minimum Gasteiger partial charge on any atom is -0.268 e. The van der Waals surface area contributed by atoms with Crippen molar-refractivity contribution in [2.45, 2.75) is 0 Å². The molecule has 0 atom stereocenters. The van der Waals surface area contributed by atoms with Crippen LogP contribution in [0.25, 0.3) is 6.08 Å². The van der Waals surface area contributed by atoms with Gasteiger partial charge in [0.1, 0.15) is 5.82 Å². The zero-order valence-corrected chi connectivity index (χ0v) is 12.6. The molecule has 4 nitrogen and oxygen atoms in total. The molecule has 0 spiro atoms. The van der Waals surface area contributed by atoms with Gasteiger partial charge in [0, 0.05) is 12.4 Å². The minimum absolute atomic E-state index is 0.144. The van der Waals surface area contributed by atoms with Gasteiger partial charge in [0.15, 0.2) is 0 Å². The molecule has 0 bridgehead atoms. The highest BCUT2D eigenvalue weighted by atomic mass is 35.5. The normalized spacial score (nSPS) is 16.6. The van der Waals surface area contributed by atoms with Gasteiger partial charge >= 0.3 is 0 Å². The zero-order chi connectivity index (χ0) is 15.7. The van der Waals surface area contributed by atoms with E-state index in [0.717, 1.165) is 28.3 Å². The molecular weight excluding hydrogens is 327 g/mol. The van der Waals surface area contributed by atoms with E-state index in [1.165, 1.54) is 12.1 Å². The maximum absolute atomic E-state index is 13.2. The average molecular weight is 335 g/mol. The minimum atomic E-state index is -0.607. The van der Waals surface area contributed by atoms with E-state index >= 15 is 0 Å². The van der Waals surface area contributed by atoms with Crippen LogP contribution in [0.3, 0.4) is 0 Å². The molecule has 0 aliphatic carbocycles. The summed E-state index contributed by atoms with van der Waals surface area (Å²) >= 11 is 6.52. The van der Waals surface area contributed by atoms with Crippen molar-refractivity contribution in [1.82, 2.24) is 4.98 Å². The fraction of sp³-hybridized carbons (Fsp3) is 0. The highest BCUT2D eigenvalue weighted by molar-refractivity contribution is 8.19. The standard InChI is InChI=1S/C15H8ClFN2O2S/c16-11-8-10(1-2-12(11)17)19-14(20)13(22-15(19)21)7-9-3-5-18-6-4-9/h1-8H/b13-7-. The van der Waals surface area contributed by atoms with Crippen LogP contribution in [0.15, 0.2) is 47.6 Å². The van der Waals surface area contributed by atoms with E-state index in [4.69, 9.17) is 11.6 Å². The highest BCUT2D eigenvalue weighted by Gasteiger charge is 2.36. The van der Waals surface area contributed by atoms with Gasteiger partial charge in [-0.3, -0.25) is 14.6 Å². The summed E-state index contributed by atoms with van der Waals surface area (Å²) in [6.07, 6.45) is 4.79. The summed E-state index contributed by atoms with van der Waals surface area (Å²) in [5, 5.41) is -0.595. The second kappa shape index (κ2) is 5.90. The number of hydrogen-bond acceptors (Lipinski definition) is 4. The maximum Gasteiger partial charge on any atom is 0.298 e. The first-order valence-corrected chi connectivity index (χ1v) is 7.39. The van der Waals surface area contributed by atoms with Crippen LogP contribution in [-0.4, -0.2) is 16.1 Å². The summed E-state index contributed by atoms with van der Waals surface area (Å²) in [5.74, 6) is -1.07. The third-order valence-corrected chi connectivity index (χ3v) is 4.12. The average Bonchev–Trinajstić information content (AvgIpc) is 2.78. The van der Waals surface area contributed by atoms with Gasteiger partial charge in [0.05, 0.1) is 15.6 Å². The number of hydrogen-bond donors (Lipinski definition) is 0. The fourth-order valence-corrected chi connectivity index (χ4v) is 2.94. The number of imide groups is 1. The van der Waals surface area contributed by atoms with Gasteiger partial charge in [-0.15, -0.1) is 0 Å². The molecule has 0 saturated carbocycles. The number of anilines is 1. The fourth-order valence-electron chi connectivity index (χ4n) is 1.93. The quantitative estimate of drug-likeness (QED) is 0.775. The SMILES string of the molecule is O=C1S/C(=C\c2ccncc2)C(=O)N1c1ccc(F)c(Cl)c1. The molecule has 2 amide bonds. The molecule has 3 rings (SSSR count). The lowest BCUT2D eigenvalue weighted by Crippen LogP contribution is -2.27. The van der Waals surface area contributed by atoms with Crippen molar-refractivity contribution in [3.8, 4) is 0 Å². The third-order valence-electron chi connectivity index (χ3n) is 2.96. The van der Waals surface area contributed by atoms with E-state index in [2.05, 4.69) is 4.98 Å². The Hall–Kier alpha value is -2.18. The molecule has 7 heteroatoms. The second-order valence-electron chi connectivity index (χ2n) is 4.40. The van der Waals surface area contributed by atoms with Crippen LogP contribution in [0, 0.1) is 5.82 Å². The van der Waals surface area contributed by atoms with Crippen molar-refractivity contribution in [3.63, 3.8) is 0 Å². The van der Waals surface area contributed by atoms with Crippen LogP contribution in [0.2, 0.25) is 5.02 Å². The summed E-state index contributed by atoms with van der Waals surface area (Å²) in [5.41, 5.74) is 1.00. The van der Waals surface area contributed by atoms with Crippen LogP contribution >= 0.6 is 23.4 Å². The highest BCUT2D eigenvalue weighted by Crippen LogP contribution is 2.36. The van der Waals surface area contributed by atoms with Crippen molar-refractivity contribution in [2.24, 2.45) is 0 Å². The number of carbonyl (C=O) groups excluding carboxylic acids is 2. The van der Waals surface area contributed by atoms with Gasteiger partial charge in [0.2, 0.25) is 0 Å². The van der Waals surface area contributed by atoms with Gasteiger partial charge in [-0.25, -0.2) is 9.29 Å². The second-order valence-corrected chi connectivity index (χ2v) is 5.80. The lowest BCUT2D eigenvalue weighted by molar-refractivity contribution is -0.113. The molecule has 0 radical (unpaired) electrons. The summed E-state index contributed by atoms with van der Waals surface area (Å²) in [6, 6.07) is 7.16. The van der Waals surface area contributed by atoms with Crippen LogP contribution in [0.5, 0.6) is 0 Å². The van der Waals surface area contributed by atoms with E-state index < -0.39 is 17.0 Å². The van der Waals surface area contributed by atoms with Crippen LogP contribution in [0.4, 0.5) is 14.9 Å². The van der Waals surface area contributed by atoms with Crippen molar-refractivity contribution in [2.75, 3.05) is 4.90 Å². The first kappa shape index (κ1) is 14.7. The largest absolute Gasteiger partial charge is 0.298 e. The Bertz CT molecular complexity index is 795. The Morgan fingerprint density at radius 3 is 2.59 bits per heavy atom. The van der Waals surface area contributed by atoms with E-state index in [1.807, 2.05) is 0 Å². The van der Waals surface area contributed by atoms with Crippen LogP contribution < -0.4 is 4.90 Å². The number of pyridine rings is 1. The number of thioether (sulfide) groups is 1. The lowest BCUT2D eigenvalue weighted by atomic mass is 10.2. The first-order valence-electron chi connectivity index (χ1n) is 6.19. The number of rotatable bonds is 2. The predicted octanol–water partition coefficient (Wildman–Crippen LogP) is 4.12. The molecule has 1 aliphatic heterocycles. The van der Waals surface area contributed by atoms with Crippen molar-refractivity contribution < 1.29 is 14.0 Å². The Labute approximate surface area is 134 Å². The molecule has 1 fully saturated rings. The van der Waals surface area contributed by atoms with Gasteiger partial charge in [-0.1, -0.05) is 11.6 Å². The summed E-state index contributed by atoms with van der Waals surface area (Å²) in [7, 11) is 0. The maximum atomic E-state index is 13.2. The van der Waals surface area contributed by atoms with Crippen molar-refractivity contribution in [1.29, 1.82) is 0 Å². The lowest BCUT2D eigenvalue weighted by Gasteiger charge is -2.12. The van der Waals surface area contributed by atoms with E-state index in [1.54, 1.807) is 30.6 Å². The summed E-state index contributed by atoms with van der Waals surface area (Å²) in [4.78, 5) is 29.6. The Morgan fingerprint density at radius 2 is 1.91 bits per heavy atom. The van der Waals surface area contributed by atoms with E-state index in [0.29, 0.717) is 0 Å². The number of carbonyl (C=O) groups is 2. The number of aromatic nitrogens is 1. The molecule has 2 heterocycles. The van der Waals surface area contributed by atoms with E-state index in [-0.39, 0.29) is 15.6 Å². The third kappa shape index (κ3) is 2.75. The topological polar surface area (TPSA) is 50.3 Å². The molecule has 110 valence electrons. The van der Waals surface area contributed by atoms with Gasteiger partial charge < -0.3 is 0 Å². The number of amides is 2. The first-order chi connectivity index (χ1) is 10.6. The number of nitrogens with zero attached hydrogens (tertiary/aromatic N) is 2. The smallest absolute Gasteiger partial charge is 0.268 e. The molecule has 1 saturated heterocycles. The van der Waals surface area contributed by atoms with Gasteiger partial charge in [0.25, 0.3) is 11.1 Å². The van der Waals surface area contributed by atoms with Crippen molar-refractivity contribution >= 4 is 46.3 Å². The van der Waals surface area contributed by atoms with E-state index in [9.17, 15) is 14.0 Å². The Morgan fingerprint density at radius 1 is 1.18 bits per heavy atom. The molecule has 0 unspecified atom stereocenters. The molecule has 1 aromatic heterocycles. The summed E-state index contributed by atoms with van der Waals surface area (Å²) < 4.78 is 13.2. The van der Waals surface area contributed by atoms with Crippen LogP contribution in [-0.2, 0) is 4.79 Å². The van der Waals surface area contributed by atoms with Gasteiger partial charge in [-0.05, 0) is 53.7 Å². The number of halogens is 2. The summed E-state index contributed by atoms with van der Waals surface area (Å²) in [6.45, 7) is 0. The molecule has 1 aliphatic rings. The Kier molecular flexibility index (Phi) is 3.96. The monoisotopic (exact) mass is 334 g/mol. The molecular formula is C15H8ClFN2O2S. The molecule has 2 aromatic rings. The molecule has 22 heavy (non-hydrogen) atoms. The van der Waals surface area contributed by atoms with Gasteiger partial charge in [-0.2, -0.15) is 0 Å². The predicted molar refractivity (Wildman–Crippen MR) is 84.1 cm³/mol. The molecule has 0 N–H and O–H groups in total. The van der Waals surface area contributed by atoms with Crippen molar-refractivity contribution in [3.05, 3.63) is 64.0 Å². The Balaban J connectivity index is 1.95. The zero-order valence-electron chi connectivity index (χ0n) is 11.0. The number of benzene rings is 1.